The van der Waals surface area contributed by atoms with E-state index in [0.717, 1.165) is 39.1 Å². The predicted molar refractivity (Wildman–Crippen MR) is 120 cm³/mol. The van der Waals surface area contributed by atoms with E-state index in [2.05, 4.69) is 12.1 Å². The van der Waals surface area contributed by atoms with Gasteiger partial charge in [0.05, 0.1) is 12.0 Å². The van der Waals surface area contributed by atoms with E-state index in [0.29, 0.717) is 24.4 Å². The maximum Gasteiger partial charge on any atom is 0.243 e. The molecule has 0 aliphatic carbocycles. The average molecular weight is 422 g/mol. The van der Waals surface area contributed by atoms with Crippen molar-refractivity contribution in [3.8, 4) is 16.9 Å². The highest BCUT2D eigenvalue weighted by atomic mass is 32.2. The monoisotopic (exact) mass is 421 g/mol. The molecule has 4 nitrogen and oxygen atoms in total. The Balaban J connectivity index is 1.66. The second-order valence-corrected chi connectivity index (χ2v) is 9.87. The minimum absolute atomic E-state index is 0.399. The average Bonchev–Trinajstić information content (AvgIpc) is 2.72. The van der Waals surface area contributed by atoms with Gasteiger partial charge in [-0.05, 0) is 61.1 Å². The van der Waals surface area contributed by atoms with Gasteiger partial charge in [-0.3, -0.25) is 0 Å². The van der Waals surface area contributed by atoms with Crippen LogP contribution in [-0.4, -0.2) is 26.4 Å². The highest BCUT2D eigenvalue weighted by molar-refractivity contribution is 7.89. The SMILES string of the molecule is COc1ccccc1-c1ccc2c(c1)CCN(S(=O)(=O)c1c(C)cc(C)cc1C)C2. The molecule has 0 spiro atoms. The fraction of sp³-hybridized carbons (Fsp3) is 0.280. The summed E-state index contributed by atoms with van der Waals surface area (Å²) in [7, 11) is -1.87. The van der Waals surface area contributed by atoms with Crippen molar-refractivity contribution in [2.24, 2.45) is 0 Å². The number of hydrogen-bond donors (Lipinski definition) is 0. The molecular formula is C25H27NO3S. The second kappa shape index (κ2) is 7.89. The summed E-state index contributed by atoms with van der Waals surface area (Å²) in [5.41, 5.74) is 7.09. The van der Waals surface area contributed by atoms with Gasteiger partial charge in [0.1, 0.15) is 5.75 Å². The number of aryl methyl sites for hydroxylation is 3. The van der Waals surface area contributed by atoms with Crippen LogP contribution >= 0.6 is 0 Å². The minimum atomic E-state index is -3.54. The summed E-state index contributed by atoms with van der Waals surface area (Å²) >= 11 is 0. The lowest BCUT2D eigenvalue weighted by molar-refractivity contribution is 0.391. The normalized spacial score (nSPS) is 14.4. The van der Waals surface area contributed by atoms with Crippen LogP contribution in [0.15, 0.2) is 59.5 Å². The molecule has 4 rings (SSSR count). The molecule has 0 saturated heterocycles. The first kappa shape index (κ1) is 20.6. The van der Waals surface area contributed by atoms with Crippen molar-refractivity contribution >= 4 is 10.0 Å². The lowest BCUT2D eigenvalue weighted by Crippen LogP contribution is -2.36. The van der Waals surface area contributed by atoms with E-state index in [9.17, 15) is 8.42 Å². The third-order valence-electron chi connectivity index (χ3n) is 5.80. The van der Waals surface area contributed by atoms with Crippen molar-refractivity contribution in [1.82, 2.24) is 4.31 Å². The molecule has 30 heavy (non-hydrogen) atoms. The van der Waals surface area contributed by atoms with Crippen LogP contribution in [0.3, 0.4) is 0 Å². The fourth-order valence-corrected chi connectivity index (χ4v) is 6.32. The maximum absolute atomic E-state index is 13.4. The number of sulfonamides is 1. The third-order valence-corrected chi connectivity index (χ3v) is 7.96. The minimum Gasteiger partial charge on any atom is -0.496 e. The summed E-state index contributed by atoms with van der Waals surface area (Å²) in [6.45, 7) is 6.63. The van der Waals surface area contributed by atoms with Crippen molar-refractivity contribution in [2.45, 2.75) is 38.6 Å². The van der Waals surface area contributed by atoms with Crippen LogP contribution in [0.2, 0.25) is 0 Å². The van der Waals surface area contributed by atoms with Crippen LogP contribution < -0.4 is 4.74 Å². The van der Waals surface area contributed by atoms with Gasteiger partial charge in [0, 0.05) is 18.7 Å². The van der Waals surface area contributed by atoms with Gasteiger partial charge in [-0.1, -0.05) is 54.1 Å². The Morgan fingerprint density at radius 1 is 0.900 bits per heavy atom. The molecule has 1 aliphatic rings. The summed E-state index contributed by atoms with van der Waals surface area (Å²) < 4.78 is 34.0. The van der Waals surface area contributed by atoms with E-state index < -0.39 is 10.0 Å². The number of ether oxygens (including phenoxy) is 1. The quantitative estimate of drug-likeness (QED) is 0.593. The Bertz CT molecular complexity index is 1190. The predicted octanol–water partition coefficient (Wildman–Crippen LogP) is 5.03. The van der Waals surface area contributed by atoms with Gasteiger partial charge >= 0.3 is 0 Å². The number of fused-ring (bicyclic) bond motifs is 1. The topological polar surface area (TPSA) is 46.6 Å². The molecule has 0 unspecified atom stereocenters. The second-order valence-electron chi connectivity index (χ2n) is 8.00. The van der Waals surface area contributed by atoms with E-state index in [1.54, 1.807) is 11.4 Å². The van der Waals surface area contributed by atoms with Crippen molar-refractivity contribution in [2.75, 3.05) is 13.7 Å². The Labute approximate surface area is 179 Å². The summed E-state index contributed by atoms with van der Waals surface area (Å²) in [4.78, 5) is 0.446. The first-order valence-corrected chi connectivity index (χ1v) is 11.6. The highest BCUT2D eigenvalue weighted by Gasteiger charge is 2.31. The first-order valence-electron chi connectivity index (χ1n) is 10.1. The van der Waals surface area contributed by atoms with E-state index in [1.807, 2.05) is 63.2 Å². The molecule has 0 atom stereocenters. The molecule has 5 heteroatoms. The van der Waals surface area contributed by atoms with E-state index in [-0.39, 0.29) is 0 Å². The van der Waals surface area contributed by atoms with Crippen molar-refractivity contribution in [3.05, 3.63) is 82.4 Å². The number of nitrogens with zero attached hydrogens (tertiary/aromatic N) is 1. The molecule has 0 saturated carbocycles. The molecule has 0 bridgehead atoms. The standard InChI is InChI=1S/C25H27NO3S/c1-17-13-18(2)25(19(3)14-17)30(27,28)26-12-11-20-15-21(9-10-22(20)16-26)23-7-5-6-8-24(23)29-4/h5-10,13-15H,11-12,16H2,1-4H3. The van der Waals surface area contributed by atoms with Crippen molar-refractivity contribution in [1.29, 1.82) is 0 Å². The molecule has 1 heterocycles. The molecule has 3 aromatic rings. The van der Waals surface area contributed by atoms with Gasteiger partial charge in [0.25, 0.3) is 0 Å². The largest absolute Gasteiger partial charge is 0.496 e. The smallest absolute Gasteiger partial charge is 0.243 e. The van der Waals surface area contributed by atoms with Gasteiger partial charge in [-0.25, -0.2) is 8.42 Å². The Hall–Kier alpha value is -2.63. The fourth-order valence-electron chi connectivity index (χ4n) is 4.49. The molecule has 0 aromatic heterocycles. The Morgan fingerprint density at radius 2 is 1.60 bits per heavy atom. The van der Waals surface area contributed by atoms with Crippen molar-refractivity contribution < 1.29 is 13.2 Å². The van der Waals surface area contributed by atoms with E-state index >= 15 is 0 Å². The highest BCUT2D eigenvalue weighted by Crippen LogP contribution is 2.34. The lowest BCUT2D eigenvalue weighted by atomic mass is 9.95. The van der Waals surface area contributed by atoms with E-state index in [4.69, 9.17) is 4.74 Å². The van der Waals surface area contributed by atoms with Crippen LogP contribution in [-0.2, 0) is 23.0 Å². The van der Waals surface area contributed by atoms with Gasteiger partial charge < -0.3 is 4.74 Å². The zero-order valence-electron chi connectivity index (χ0n) is 17.9. The van der Waals surface area contributed by atoms with Crippen LogP contribution in [0.1, 0.15) is 27.8 Å². The molecule has 0 N–H and O–H groups in total. The summed E-state index contributed by atoms with van der Waals surface area (Å²) in [5.74, 6) is 0.836. The van der Waals surface area contributed by atoms with Gasteiger partial charge in [0.15, 0.2) is 0 Å². The van der Waals surface area contributed by atoms with Crippen molar-refractivity contribution in [3.63, 3.8) is 0 Å². The molecular weight excluding hydrogens is 394 g/mol. The Kier molecular flexibility index (Phi) is 5.43. The lowest BCUT2D eigenvalue weighted by Gasteiger charge is -2.29. The summed E-state index contributed by atoms with van der Waals surface area (Å²) in [5, 5.41) is 0. The third kappa shape index (κ3) is 3.64. The molecule has 0 fully saturated rings. The van der Waals surface area contributed by atoms with Crippen LogP contribution in [0.4, 0.5) is 0 Å². The molecule has 156 valence electrons. The number of benzene rings is 3. The van der Waals surface area contributed by atoms with Gasteiger partial charge in [0.2, 0.25) is 10.0 Å². The zero-order chi connectivity index (χ0) is 21.5. The van der Waals surface area contributed by atoms with Crippen LogP contribution in [0, 0.1) is 20.8 Å². The maximum atomic E-state index is 13.4. The van der Waals surface area contributed by atoms with Gasteiger partial charge in [-0.2, -0.15) is 4.31 Å². The number of rotatable bonds is 4. The van der Waals surface area contributed by atoms with Crippen LogP contribution in [0.25, 0.3) is 11.1 Å². The molecule has 0 amide bonds. The van der Waals surface area contributed by atoms with Gasteiger partial charge in [-0.15, -0.1) is 0 Å². The number of methoxy groups -OCH3 is 1. The zero-order valence-corrected chi connectivity index (χ0v) is 18.7. The number of hydrogen-bond acceptors (Lipinski definition) is 3. The first-order chi connectivity index (χ1) is 14.3. The van der Waals surface area contributed by atoms with E-state index in [1.165, 1.54) is 5.56 Å². The summed E-state index contributed by atoms with van der Waals surface area (Å²) in [6.07, 6.45) is 0.696. The Morgan fingerprint density at radius 3 is 2.30 bits per heavy atom. The summed E-state index contributed by atoms with van der Waals surface area (Å²) in [6, 6.07) is 18.1. The molecule has 3 aromatic carbocycles. The molecule has 0 radical (unpaired) electrons. The molecule has 1 aliphatic heterocycles. The number of para-hydroxylation sites is 1. The van der Waals surface area contributed by atoms with Crippen LogP contribution in [0.5, 0.6) is 5.75 Å².